The summed E-state index contributed by atoms with van der Waals surface area (Å²) < 4.78 is 0. The number of H-pyrrole nitrogens is 1. The normalized spacial score (nSPS) is 16.3. The molecule has 0 aliphatic heterocycles. The van der Waals surface area contributed by atoms with Crippen molar-refractivity contribution < 1.29 is 4.79 Å². The molecular formula is C10H9ClN2O2. The minimum absolute atomic E-state index is 0.144. The summed E-state index contributed by atoms with van der Waals surface area (Å²) in [6.07, 6.45) is 4.89. The van der Waals surface area contributed by atoms with Crippen LogP contribution in [0, 0.1) is 0 Å². The maximum absolute atomic E-state index is 11.2. The Hall–Kier alpha value is -1.42. The first-order valence-corrected chi connectivity index (χ1v) is 5.00. The fourth-order valence-electron chi connectivity index (χ4n) is 1.57. The Balaban J connectivity index is 2.42. The highest BCUT2D eigenvalue weighted by atomic mass is 35.5. The number of hydrogen-bond donors (Lipinski definition) is 1. The largest absolute Gasteiger partial charge is 0.299 e. The second-order valence-electron chi connectivity index (χ2n) is 3.40. The number of ketones is 1. The molecule has 1 N–H and O–H groups in total. The van der Waals surface area contributed by atoms with Crippen molar-refractivity contribution in [2.75, 3.05) is 0 Å². The molecule has 1 aliphatic carbocycles. The number of aromatic nitrogens is 2. The van der Waals surface area contributed by atoms with Gasteiger partial charge in [0.1, 0.15) is 10.8 Å². The molecule has 0 saturated carbocycles. The summed E-state index contributed by atoms with van der Waals surface area (Å²) >= 11 is 5.85. The Morgan fingerprint density at radius 1 is 1.33 bits per heavy atom. The average molecular weight is 225 g/mol. The lowest BCUT2D eigenvalue weighted by Crippen LogP contribution is -2.12. The molecule has 0 atom stereocenters. The van der Waals surface area contributed by atoms with E-state index in [-0.39, 0.29) is 10.8 Å². The summed E-state index contributed by atoms with van der Waals surface area (Å²) in [5, 5.41) is 6.09. The van der Waals surface area contributed by atoms with Gasteiger partial charge in [-0.2, -0.15) is 5.10 Å². The SMILES string of the molecule is O=C1CC=C(c2cn[nH]c(=O)c2Cl)CC1. The zero-order valence-electron chi connectivity index (χ0n) is 7.92. The van der Waals surface area contributed by atoms with Crippen LogP contribution in [0.1, 0.15) is 24.8 Å². The molecule has 15 heavy (non-hydrogen) atoms. The first-order valence-electron chi connectivity index (χ1n) is 4.63. The van der Waals surface area contributed by atoms with Gasteiger partial charge in [0.2, 0.25) is 0 Å². The summed E-state index contributed by atoms with van der Waals surface area (Å²) in [5.41, 5.74) is 1.16. The lowest BCUT2D eigenvalue weighted by Gasteiger charge is -2.12. The molecule has 5 heteroatoms. The Morgan fingerprint density at radius 3 is 2.80 bits per heavy atom. The quantitative estimate of drug-likeness (QED) is 0.788. The molecule has 0 amide bonds. The summed E-state index contributed by atoms with van der Waals surface area (Å²) in [4.78, 5) is 22.2. The molecule has 0 radical (unpaired) electrons. The number of allylic oxidation sites excluding steroid dienone is 2. The van der Waals surface area contributed by atoms with Crippen molar-refractivity contribution in [3.05, 3.63) is 33.2 Å². The van der Waals surface area contributed by atoms with Crippen LogP contribution in [0.4, 0.5) is 0 Å². The molecule has 0 fully saturated rings. The van der Waals surface area contributed by atoms with Crippen LogP contribution in [-0.4, -0.2) is 16.0 Å². The number of hydrogen-bond acceptors (Lipinski definition) is 3. The van der Waals surface area contributed by atoms with Crippen LogP contribution in [0.5, 0.6) is 0 Å². The first-order chi connectivity index (χ1) is 7.18. The van der Waals surface area contributed by atoms with E-state index in [0.29, 0.717) is 24.8 Å². The molecule has 0 aromatic carbocycles. The van der Waals surface area contributed by atoms with Gasteiger partial charge in [-0.05, 0) is 12.0 Å². The Kier molecular flexibility index (Phi) is 2.68. The average Bonchev–Trinajstić information content (AvgIpc) is 2.24. The molecule has 0 spiro atoms. The molecule has 0 saturated heterocycles. The minimum Gasteiger partial charge on any atom is -0.299 e. The van der Waals surface area contributed by atoms with E-state index in [1.807, 2.05) is 6.08 Å². The van der Waals surface area contributed by atoms with Crippen LogP contribution in [0.2, 0.25) is 5.02 Å². The zero-order chi connectivity index (χ0) is 10.8. The predicted octanol–water partition coefficient (Wildman–Crippen LogP) is 1.56. The third-order valence-corrected chi connectivity index (χ3v) is 2.77. The van der Waals surface area contributed by atoms with Crippen LogP contribution in [0.15, 0.2) is 17.1 Å². The summed E-state index contributed by atoms with van der Waals surface area (Å²) in [6.45, 7) is 0. The first kappa shape index (κ1) is 10.1. The van der Waals surface area contributed by atoms with E-state index in [4.69, 9.17) is 11.6 Å². The third kappa shape index (κ3) is 1.99. The third-order valence-electron chi connectivity index (χ3n) is 2.39. The molecule has 78 valence electrons. The van der Waals surface area contributed by atoms with Crippen molar-refractivity contribution >= 4 is 23.0 Å². The molecule has 1 heterocycles. The van der Waals surface area contributed by atoms with Crippen molar-refractivity contribution in [1.82, 2.24) is 10.2 Å². The fraction of sp³-hybridized carbons (Fsp3) is 0.300. The van der Waals surface area contributed by atoms with E-state index in [1.165, 1.54) is 6.20 Å². The van der Waals surface area contributed by atoms with E-state index in [9.17, 15) is 9.59 Å². The molecular weight excluding hydrogens is 216 g/mol. The van der Waals surface area contributed by atoms with Crippen molar-refractivity contribution in [3.8, 4) is 0 Å². The zero-order valence-corrected chi connectivity index (χ0v) is 8.67. The molecule has 0 unspecified atom stereocenters. The van der Waals surface area contributed by atoms with Crippen molar-refractivity contribution in [2.45, 2.75) is 19.3 Å². The van der Waals surface area contributed by atoms with E-state index < -0.39 is 5.56 Å². The number of carbonyl (C=O) groups is 1. The topological polar surface area (TPSA) is 62.8 Å². The Morgan fingerprint density at radius 2 is 2.13 bits per heavy atom. The van der Waals surface area contributed by atoms with Crippen LogP contribution < -0.4 is 5.56 Å². The van der Waals surface area contributed by atoms with Crippen molar-refractivity contribution in [1.29, 1.82) is 0 Å². The molecule has 1 aromatic heterocycles. The van der Waals surface area contributed by atoms with Gasteiger partial charge in [0, 0.05) is 18.4 Å². The number of Topliss-reactive ketones (excluding diaryl/α,β-unsaturated/α-hetero) is 1. The number of rotatable bonds is 1. The molecule has 1 aliphatic rings. The smallest absolute Gasteiger partial charge is 0.283 e. The lowest BCUT2D eigenvalue weighted by molar-refractivity contribution is -0.118. The molecule has 0 bridgehead atoms. The van der Waals surface area contributed by atoms with E-state index in [1.54, 1.807) is 0 Å². The fourth-order valence-corrected chi connectivity index (χ4v) is 1.78. The number of halogens is 1. The highest BCUT2D eigenvalue weighted by molar-refractivity contribution is 6.32. The second kappa shape index (κ2) is 3.98. The van der Waals surface area contributed by atoms with Gasteiger partial charge < -0.3 is 0 Å². The van der Waals surface area contributed by atoms with Gasteiger partial charge in [0.05, 0.1) is 6.20 Å². The van der Waals surface area contributed by atoms with Gasteiger partial charge >= 0.3 is 0 Å². The summed E-state index contributed by atoms with van der Waals surface area (Å²) in [7, 11) is 0. The molecule has 2 rings (SSSR count). The summed E-state index contributed by atoms with van der Waals surface area (Å²) in [5.74, 6) is 0.215. The van der Waals surface area contributed by atoms with E-state index in [2.05, 4.69) is 10.2 Å². The number of nitrogens with zero attached hydrogens (tertiary/aromatic N) is 1. The second-order valence-corrected chi connectivity index (χ2v) is 3.78. The van der Waals surface area contributed by atoms with Crippen molar-refractivity contribution in [2.24, 2.45) is 0 Å². The van der Waals surface area contributed by atoms with Crippen LogP contribution in [0.3, 0.4) is 0 Å². The van der Waals surface area contributed by atoms with Crippen molar-refractivity contribution in [3.63, 3.8) is 0 Å². The highest BCUT2D eigenvalue weighted by Crippen LogP contribution is 2.27. The summed E-state index contributed by atoms with van der Waals surface area (Å²) in [6, 6.07) is 0. The maximum Gasteiger partial charge on any atom is 0.283 e. The lowest BCUT2D eigenvalue weighted by atomic mass is 9.94. The predicted molar refractivity (Wildman–Crippen MR) is 56.7 cm³/mol. The van der Waals surface area contributed by atoms with E-state index in [0.717, 1.165) is 5.57 Å². The number of aromatic amines is 1. The van der Waals surface area contributed by atoms with E-state index >= 15 is 0 Å². The highest BCUT2D eigenvalue weighted by Gasteiger charge is 2.15. The minimum atomic E-state index is -0.396. The van der Waals surface area contributed by atoms with Crippen LogP contribution in [0.25, 0.3) is 5.57 Å². The maximum atomic E-state index is 11.2. The van der Waals surface area contributed by atoms with Gasteiger partial charge in [0.15, 0.2) is 0 Å². The van der Waals surface area contributed by atoms with Gasteiger partial charge in [-0.15, -0.1) is 0 Å². The number of nitrogens with one attached hydrogen (secondary N) is 1. The number of carbonyl (C=O) groups excluding carboxylic acids is 1. The Labute approximate surface area is 91.0 Å². The standard InChI is InChI=1S/C10H9ClN2O2/c11-9-8(5-12-13-10(9)15)6-1-3-7(14)4-2-6/h1,5H,2-4H2,(H,13,15). The van der Waals surface area contributed by atoms with Gasteiger partial charge in [-0.25, -0.2) is 5.10 Å². The van der Waals surface area contributed by atoms with Crippen LogP contribution in [-0.2, 0) is 4.79 Å². The Bertz CT molecular complexity index is 490. The molecule has 1 aromatic rings. The van der Waals surface area contributed by atoms with Gasteiger partial charge in [-0.1, -0.05) is 17.7 Å². The molecule has 4 nitrogen and oxygen atoms in total. The van der Waals surface area contributed by atoms with Gasteiger partial charge in [-0.3, -0.25) is 9.59 Å². The van der Waals surface area contributed by atoms with Crippen LogP contribution >= 0.6 is 11.6 Å². The van der Waals surface area contributed by atoms with Gasteiger partial charge in [0.25, 0.3) is 5.56 Å². The monoisotopic (exact) mass is 224 g/mol.